The minimum atomic E-state index is -0.331. The Morgan fingerprint density at radius 1 is 1.57 bits per heavy atom. The zero-order chi connectivity index (χ0) is 15.4. The van der Waals surface area contributed by atoms with Gasteiger partial charge in [-0.1, -0.05) is 25.6 Å². The number of aromatic nitrogens is 3. The summed E-state index contributed by atoms with van der Waals surface area (Å²) in [6.07, 6.45) is 2.70. The summed E-state index contributed by atoms with van der Waals surface area (Å²) >= 11 is 1.49. The molecule has 1 aromatic rings. The Morgan fingerprint density at radius 3 is 2.86 bits per heavy atom. The number of methoxy groups -OCH3 is 1. The monoisotopic (exact) mass is 314 g/mol. The number of esters is 1. The van der Waals surface area contributed by atoms with Gasteiger partial charge in [0.1, 0.15) is 6.04 Å². The van der Waals surface area contributed by atoms with Gasteiger partial charge >= 0.3 is 11.7 Å². The fraction of sp³-hybridized carbons (Fsp3) is 0.769. The third-order valence-electron chi connectivity index (χ3n) is 3.24. The second-order valence-corrected chi connectivity index (χ2v) is 6.51. The van der Waals surface area contributed by atoms with E-state index in [1.807, 2.05) is 13.8 Å². The Bertz CT molecular complexity index is 536. The molecule has 1 saturated carbocycles. The van der Waals surface area contributed by atoms with Crippen molar-refractivity contribution in [2.75, 3.05) is 12.9 Å². The number of thioether (sulfide) groups is 1. The third-order valence-corrected chi connectivity index (χ3v) is 4.23. The molecule has 118 valence electrons. The maximum Gasteiger partial charge on any atom is 0.344 e. The molecule has 0 amide bonds. The molecule has 0 aromatic carbocycles. The SMILES string of the molecule is COC(=O)C(CCSc1n[nH]c(=O)n1C1CC1)NC(C)C. The van der Waals surface area contributed by atoms with E-state index in [1.165, 1.54) is 18.9 Å². The highest BCUT2D eigenvalue weighted by Crippen LogP contribution is 2.36. The molecule has 1 aromatic heterocycles. The van der Waals surface area contributed by atoms with Crippen LogP contribution in [0.2, 0.25) is 0 Å². The van der Waals surface area contributed by atoms with Crippen molar-refractivity contribution >= 4 is 17.7 Å². The number of H-pyrrole nitrogens is 1. The normalized spacial score (nSPS) is 16.2. The molecule has 1 fully saturated rings. The predicted octanol–water partition coefficient (Wildman–Crippen LogP) is 0.928. The van der Waals surface area contributed by atoms with Crippen molar-refractivity contribution in [3.63, 3.8) is 0 Å². The van der Waals surface area contributed by atoms with Gasteiger partial charge in [-0.05, 0) is 19.3 Å². The molecule has 7 nitrogen and oxygen atoms in total. The minimum Gasteiger partial charge on any atom is -0.468 e. The highest BCUT2D eigenvalue weighted by molar-refractivity contribution is 7.99. The highest BCUT2D eigenvalue weighted by atomic mass is 32.2. The zero-order valence-electron chi connectivity index (χ0n) is 12.6. The maximum absolute atomic E-state index is 11.7. The lowest BCUT2D eigenvalue weighted by molar-refractivity contribution is -0.143. The molecule has 0 bridgehead atoms. The van der Waals surface area contributed by atoms with Gasteiger partial charge in [-0.2, -0.15) is 0 Å². The fourth-order valence-corrected chi connectivity index (χ4v) is 3.15. The lowest BCUT2D eigenvalue weighted by atomic mass is 10.2. The Kier molecular flexibility index (Phi) is 5.46. The quantitative estimate of drug-likeness (QED) is 0.548. The molecule has 2 N–H and O–H groups in total. The van der Waals surface area contributed by atoms with Gasteiger partial charge < -0.3 is 10.1 Å². The molecular formula is C13H22N4O3S. The Morgan fingerprint density at radius 2 is 2.29 bits per heavy atom. The van der Waals surface area contributed by atoms with Crippen molar-refractivity contribution < 1.29 is 9.53 Å². The average Bonchev–Trinajstić information content (AvgIpc) is 3.21. The summed E-state index contributed by atoms with van der Waals surface area (Å²) in [5, 5.41) is 10.4. The lowest BCUT2D eigenvalue weighted by Gasteiger charge is -2.18. The van der Waals surface area contributed by atoms with E-state index in [1.54, 1.807) is 4.57 Å². The van der Waals surface area contributed by atoms with Gasteiger partial charge in [-0.25, -0.2) is 9.89 Å². The summed E-state index contributed by atoms with van der Waals surface area (Å²) in [5.74, 6) is 0.433. The van der Waals surface area contributed by atoms with Gasteiger partial charge in [0.2, 0.25) is 0 Å². The molecule has 0 radical (unpaired) electrons. The van der Waals surface area contributed by atoms with Crippen molar-refractivity contribution in [2.45, 2.75) is 56.4 Å². The molecular weight excluding hydrogens is 292 g/mol. The summed E-state index contributed by atoms with van der Waals surface area (Å²) < 4.78 is 6.52. The second-order valence-electron chi connectivity index (χ2n) is 5.45. The van der Waals surface area contributed by atoms with E-state index in [0.717, 1.165) is 12.8 Å². The highest BCUT2D eigenvalue weighted by Gasteiger charge is 2.28. The summed E-state index contributed by atoms with van der Waals surface area (Å²) in [4.78, 5) is 23.4. The van der Waals surface area contributed by atoms with Crippen molar-refractivity contribution in [3.05, 3.63) is 10.5 Å². The Labute approximate surface area is 127 Å². The topological polar surface area (TPSA) is 89.0 Å². The van der Waals surface area contributed by atoms with E-state index in [-0.39, 0.29) is 23.7 Å². The molecule has 1 atom stereocenters. The van der Waals surface area contributed by atoms with E-state index < -0.39 is 0 Å². The fourth-order valence-electron chi connectivity index (χ4n) is 2.13. The van der Waals surface area contributed by atoms with Crippen LogP contribution in [0.25, 0.3) is 0 Å². The van der Waals surface area contributed by atoms with Gasteiger partial charge in [0.25, 0.3) is 0 Å². The molecule has 1 heterocycles. The average molecular weight is 314 g/mol. The third kappa shape index (κ3) is 4.34. The van der Waals surface area contributed by atoms with Crippen LogP contribution >= 0.6 is 11.8 Å². The first kappa shape index (κ1) is 16.1. The molecule has 1 unspecified atom stereocenters. The van der Waals surface area contributed by atoms with Gasteiger partial charge in [-0.3, -0.25) is 9.36 Å². The van der Waals surface area contributed by atoms with Crippen LogP contribution in [-0.4, -0.2) is 45.7 Å². The van der Waals surface area contributed by atoms with E-state index in [4.69, 9.17) is 4.74 Å². The standard InChI is InChI=1S/C13H22N4O3S/c1-8(2)14-10(11(18)20-3)6-7-21-13-16-15-12(19)17(13)9-4-5-9/h8-10,14H,4-7H2,1-3H3,(H,15,19). The number of nitrogens with one attached hydrogen (secondary N) is 2. The van der Waals surface area contributed by atoms with E-state index in [0.29, 0.717) is 23.4 Å². The number of carbonyl (C=O) groups is 1. The molecule has 21 heavy (non-hydrogen) atoms. The van der Waals surface area contributed by atoms with Gasteiger partial charge in [-0.15, -0.1) is 5.10 Å². The Hall–Kier alpha value is -1.28. The Balaban J connectivity index is 1.90. The summed E-state index contributed by atoms with van der Waals surface area (Å²) in [7, 11) is 1.39. The molecule has 0 spiro atoms. The zero-order valence-corrected chi connectivity index (χ0v) is 13.4. The summed E-state index contributed by atoms with van der Waals surface area (Å²) in [6.45, 7) is 3.98. The van der Waals surface area contributed by atoms with Crippen LogP contribution < -0.4 is 11.0 Å². The molecule has 8 heteroatoms. The maximum atomic E-state index is 11.7. The van der Waals surface area contributed by atoms with Crippen LogP contribution in [0, 0.1) is 0 Å². The molecule has 0 saturated heterocycles. The first-order chi connectivity index (χ1) is 10.0. The van der Waals surface area contributed by atoms with E-state index in [9.17, 15) is 9.59 Å². The van der Waals surface area contributed by atoms with Crippen molar-refractivity contribution in [1.82, 2.24) is 20.1 Å². The number of hydrogen-bond acceptors (Lipinski definition) is 6. The second kappa shape index (κ2) is 7.13. The molecule has 0 aliphatic heterocycles. The first-order valence-electron chi connectivity index (χ1n) is 7.16. The van der Waals surface area contributed by atoms with Crippen LogP contribution in [0.3, 0.4) is 0 Å². The number of rotatable bonds is 8. The van der Waals surface area contributed by atoms with Crippen LogP contribution in [0.15, 0.2) is 9.95 Å². The minimum absolute atomic E-state index is 0.148. The number of nitrogens with zero attached hydrogens (tertiary/aromatic N) is 2. The number of hydrogen-bond donors (Lipinski definition) is 2. The van der Waals surface area contributed by atoms with Crippen molar-refractivity contribution in [2.24, 2.45) is 0 Å². The largest absolute Gasteiger partial charge is 0.468 e. The van der Waals surface area contributed by atoms with Crippen LogP contribution in [0.1, 0.15) is 39.2 Å². The summed E-state index contributed by atoms with van der Waals surface area (Å²) in [6, 6.07) is 0.167. The summed E-state index contributed by atoms with van der Waals surface area (Å²) in [5.41, 5.74) is -0.148. The van der Waals surface area contributed by atoms with Crippen molar-refractivity contribution in [1.29, 1.82) is 0 Å². The van der Waals surface area contributed by atoms with Crippen LogP contribution in [-0.2, 0) is 9.53 Å². The van der Waals surface area contributed by atoms with Crippen LogP contribution in [0.5, 0.6) is 0 Å². The van der Waals surface area contributed by atoms with Crippen molar-refractivity contribution in [3.8, 4) is 0 Å². The van der Waals surface area contributed by atoms with Gasteiger partial charge in [0, 0.05) is 17.8 Å². The van der Waals surface area contributed by atoms with Crippen LogP contribution in [0.4, 0.5) is 0 Å². The lowest BCUT2D eigenvalue weighted by Crippen LogP contribution is -2.41. The smallest absolute Gasteiger partial charge is 0.344 e. The first-order valence-corrected chi connectivity index (χ1v) is 8.15. The van der Waals surface area contributed by atoms with E-state index >= 15 is 0 Å². The van der Waals surface area contributed by atoms with E-state index in [2.05, 4.69) is 15.5 Å². The molecule has 1 aliphatic carbocycles. The van der Waals surface area contributed by atoms with Gasteiger partial charge in [0.05, 0.1) is 7.11 Å². The molecule has 1 aliphatic rings. The predicted molar refractivity (Wildman–Crippen MR) is 80.5 cm³/mol. The number of ether oxygens (including phenoxy) is 1. The number of carbonyl (C=O) groups excluding carboxylic acids is 1. The molecule has 2 rings (SSSR count). The van der Waals surface area contributed by atoms with Gasteiger partial charge in [0.15, 0.2) is 5.16 Å². The number of aromatic amines is 1.